The maximum atomic E-state index is 13.3. The van der Waals surface area contributed by atoms with Gasteiger partial charge in [-0.15, -0.1) is 0 Å². The van der Waals surface area contributed by atoms with E-state index in [1.807, 2.05) is 6.07 Å². The third-order valence-electron chi connectivity index (χ3n) is 6.75. The van der Waals surface area contributed by atoms with Gasteiger partial charge in [-0.3, -0.25) is 14.5 Å². The molecule has 0 saturated heterocycles. The number of hydrogen-bond donors (Lipinski definition) is 1. The van der Waals surface area contributed by atoms with Gasteiger partial charge in [-0.05, 0) is 50.9 Å². The Labute approximate surface area is 186 Å². The summed E-state index contributed by atoms with van der Waals surface area (Å²) in [5, 5.41) is 3.00. The highest BCUT2D eigenvalue weighted by Crippen LogP contribution is 2.29. The second kappa shape index (κ2) is 10.5. The molecule has 1 N–H and O–H groups in total. The molecule has 3 atom stereocenters. The summed E-state index contributed by atoms with van der Waals surface area (Å²) in [6.45, 7) is 6.07. The second-order valence-electron chi connectivity index (χ2n) is 9.22. The van der Waals surface area contributed by atoms with E-state index in [2.05, 4.69) is 31.1 Å². The molecule has 31 heavy (non-hydrogen) atoms. The summed E-state index contributed by atoms with van der Waals surface area (Å²) in [5.41, 5.74) is 1.10. The molecule has 172 valence electrons. The summed E-state index contributed by atoms with van der Waals surface area (Å²) in [6.07, 6.45) is 4.00. The monoisotopic (exact) mass is 431 g/mol. The summed E-state index contributed by atoms with van der Waals surface area (Å²) in [7, 11) is 5.57. The Morgan fingerprint density at radius 3 is 2.55 bits per heavy atom. The standard InChI is InChI=1S/C24H37N3O4/c1-16-13-26(3)17(2)15-31-21-11-10-19(25-23(28)18-8-6-7-9-18)12-20(21)24(29)27(4)14-22(16)30-5/h10-12,16-18,22H,6-9,13-15H2,1-5H3,(H,25,28)/t16-,17+,22-/m0/s1. The van der Waals surface area contributed by atoms with Gasteiger partial charge in [-0.25, -0.2) is 0 Å². The van der Waals surface area contributed by atoms with E-state index in [9.17, 15) is 9.59 Å². The van der Waals surface area contributed by atoms with Crippen LogP contribution in [0.3, 0.4) is 0 Å². The van der Waals surface area contributed by atoms with Crippen molar-refractivity contribution >= 4 is 17.5 Å². The Balaban J connectivity index is 1.87. The molecule has 7 nitrogen and oxygen atoms in total. The second-order valence-corrected chi connectivity index (χ2v) is 9.22. The van der Waals surface area contributed by atoms with Gasteiger partial charge < -0.3 is 19.7 Å². The molecule has 3 rings (SSSR count). The first-order valence-corrected chi connectivity index (χ1v) is 11.4. The van der Waals surface area contributed by atoms with Gasteiger partial charge in [0.15, 0.2) is 0 Å². The molecule has 1 aliphatic heterocycles. The van der Waals surface area contributed by atoms with E-state index >= 15 is 0 Å². The van der Waals surface area contributed by atoms with Crippen molar-refractivity contribution in [3.63, 3.8) is 0 Å². The normalized spacial score (nSPS) is 26.5. The lowest BCUT2D eigenvalue weighted by molar-refractivity contribution is -0.119. The zero-order valence-electron chi connectivity index (χ0n) is 19.5. The minimum absolute atomic E-state index is 0.0378. The van der Waals surface area contributed by atoms with Crippen molar-refractivity contribution in [2.24, 2.45) is 11.8 Å². The lowest BCUT2D eigenvalue weighted by Gasteiger charge is -2.34. The molecule has 0 bridgehead atoms. The van der Waals surface area contributed by atoms with Crippen molar-refractivity contribution in [1.82, 2.24) is 9.80 Å². The van der Waals surface area contributed by atoms with E-state index in [-0.39, 0.29) is 35.8 Å². The Morgan fingerprint density at radius 1 is 1.16 bits per heavy atom. The molecular formula is C24H37N3O4. The molecule has 1 aromatic rings. The highest BCUT2D eigenvalue weighted by Gasteiger charge is 2.28. The predicted molar refractivity (Wildman–Crippen MR) is 122 cm³/mol. The number of nitrogens with zero attached hydrogens (tertiary/aromatic N) is 2. The third kappa shape index (κ3) is 5.77. The summed E-state index contributed by atoms with van der Waals surface area (Å²) in [5.74, 6) is 0.761. The number of likely N-dealkylation sites (N-methyl/N-ethyl adjacent to an activating group) is 2. The van der Waals surface area contributed by atoms with Crippen LogP contribution in [0.1, 0.15) is 49.9 Å². The smallest absolute Gasteiger partial charge is 0.257 e. The Bertz CT molecular complexity index is 778. The first-order valence-electron chi connectivity index (χ1n) is 11.4. The van der Waals surface area contributed by atoms with Crippen molar-refractivity contribution in [2.75, 3.05) is 46.2 Å². The average molecular weight is 432 g/mol. The van der Waals surface area contributed by atoms with Crippen LogP contribution in [-0.2, 0) is 9.53 Å². The molecular weight excluding hydrogens is 394 g/mol. The van der Waals surface area contributed by atoms with Crippen molar-refractivity contribution < 1.29 is 19.1 Å². The molecule has 1 fully saturated rings. The molecule has 1 heterocycles. The maximum Gasteiger partial charge on any atom is 0.257 e. The topological polar surface area (TPSA) is 71.1 Å². The lowest BCUT2D eigenvalue weighted by atomic mass is 10.0. The van der Waals surface area contributed by atoms with Gasteiger partial charge in [0.1, 0.15) is 12.4 Å². The minimum atomic E-state index is -0.136. The van der Waals surface area contributed by atoms with Gasteiger partial charge in [-0.1, -0.05) is 19.8 Å². The fourth-order valence-corrected chi connectivity index (χ4v) is 4.47. The van der Waals surface area contributed by atoms with Crippen LogP contribution in [0.15, 0.2) is 18.2 Å². The number of carbonyl (C=O) groups is 2. The third-order valence-corrected chi connectivity index (χ3v) is 6.75. The minimum Gasteiger partial charge on any atom is -0.491 e. The molecule has 0 unspecified atom stereocenters. The van der Waals surface area contributed by atoms with Crippen molar-refractivity contribution in [2.45, 2.75) is 51.7 Å². The van der Waals surface area contributed by atoms with E-state index in [1.165, 1.54) is 0 Å². The fraction of sp³-hybridized carbons (Fsp3) is 0.667. The van der Waals surface area contributed by atoms with Crippen LogP contribution < -0.4 is 10.1 Å². The van der Waals surface area contributed by atoms with Crippen LogP contribution in [0.4, 0.5) is 5.69 Å². The highest BCUT2D eigenvalue weighted by molar-refractivity contribution is 5.99. The summed E-state index contributed by atoms with van der Waals surface area (Å²) in [6, 6.07) is 5.54. The number of fused-ring (bicyclic) bond motifs is 1. The Kier molecular flexibility index (Phi) is 7.94. The number of benzene rings is 1. The first-order chi connectivity index (χ1) is 14.8. The Hall–Kier alpha value is -2.12. The number of ether oxygens (including phenoxy) is 2. The average Bonchev–Trinajstić information content (AvgIpc) is 3.29. The van der Waals surface area contributed by atoms with E-state index in [4.69, 9.17) is 9.47 Å². The van der Waals surface area contributed by atoms with Crippen LogP contribution in [0.2, 0.25) is 0 Å². The van der Waals surface area contributed by atoms with Gasteiger partial charge in [-0.2, -0.15) is 0 Å². The van der Waals surface area contributed by atoms with Gasteiger partial charge >= 0.3 is 0 Å². The SMILES string of the molecule is CO[C@H]1CN(C)C(=O)c2cc(NC(=O)C3CCCC3)ccc2OC[C@@H](C)N(C)C[C@@H]1C. The summed E-state index contributed by atoms with van der Waals surface area (Å²) < 4.78 is 11.8. The largest absolute Gasteiger partial charge is 0.491 e. The number of anilines is 1. The van der Waals surface area contributed by atoms with Crippen molar-refractivity contribution in [3.05, 3.63) is 23.8 Å². The number of rotatable bonds is 3. The summed E-state index contributed by atoms with van der Waals surface area (Å²) in [4.78, 5) is 29.8. The molecule has 1 aliphatic carbocycles. The van der Waals surface area contributed by atoms with Crippen LogP contribution >= 0.6 is 0 Å². The van der Waals surface area contributed by atoms with E-state index < -0.39 is 0 Å². The highest BCUT2D eigenvalue weighted by atomic mass is 16.5. The summed E-state index contributed by atoms with van der Waals surface area (Å²) >= 11 is 0. The van der Waals surface area contributed by atoms with Gasteiger partial charge in [0, 0.05) is 44.9 Å². The number of hydrogen-bond acceptors (Lipinski definition) is 5. The molecule has 7 heteroatoms. The number of methoxy groups -OCH3 is 1. The van der Waals surface area contributed by atoms with Crippen LogP contribution in [0.5, 0.6) is 5.75 Å². The van der Waals surface area contributed by atoms with E-state index in [0.717, 1.165) is 32.2 Å². The van der Waals surface area contributed by atoms with Crippen LogP contribution in [0, 0.1) is 11.8 Å². The van der Waals surface area contributed by atoms with E-state index in [0.29, 0.717) is 30.2 Å². The molecule has 1 aromatic carbocycles. The molecule has 2 amide bonds. The predicted octanol–water partition coefficient (Wildman–Crippen LogP) is 3.25. The number of carbonyl (C=O) groups excluding carboxylic acids is 2. The number of nitrogens with one attached hydrogen (secondary N) is 1. The zero-order chi connectivity index (χ0) is 22.5. The molecule has 0 spiro atoms. The number of amides is 2. The van der Waals surface area contributed by atoms with Crippen LogP contribution in [-0.4, -0.2) is 74.7 Å². The van der Waals surface area contributed by atoms with Crippen LogP contribution in [0.25, 0.3) is 0 Å². The van der Waals surface area contributed by atoms with Gasteiger partial charge in [0.2, 0.25) is 5.91 Å². The van der Waals surface area contributed by atoms with Crippen molar-refractivity contribution in [3.8, 4) is 5.75 Å². The van der Waals surface area contributed by atoms with E-state index in [1.54, 1.807) is 31.2 Å². The first kappa shape index (κ1) is 23.5. The molecule has 0 aromatic heterocycles. The maximum absolute atomic E-state index is 13.3. The molecule has 1 saturated carbocycles. The fourth-order valence-electron chi connectivity index (χ4n) is 4.47. The Morgan fingerprint density at radius 2 is 1.87 bits per heavy atom. The quantitative estimate of drug-likeness (QED) is 0.796. The van der Waals surface area contributed by atoms with Gasteiger partial charge in [0.25, 0.3) is 5.91 Å². The molecule has 0 radical (unpaired) electrons. The molecule has 2 aliphatic rings. The zero-order valence-corrected chi connectivity index (χ0v) is 19.5. The van der Waals surface area contributed by atoms with Crippen molar-refractivity contribution in [1.29, 1.82) is 0 Å². The van der Waals surface area contributed by atoms with Gasteiger partial charge in [0.05, 0.1) is 11.7 Å². The lowest BCUT2D eigenvalue weighted by Crippen LogP contribution is -2.45.